The molecule has 2 aromatic rings. The third-order valence-electron chi connectivity index (χ3n) is 10.3. The van der Waals surface area contributed by atoms with Crippen LogP contribution in [0.25, 0.3) is 10.1 Å². The lowest BCUT2D eigenvalue weighted by Crippen LogP contribution is -2.49. The lowest BCUT2D eigenvalue weighted by atomic mass is 9.77. The molecule has 2 saturated heterocycles. The zero-order valence-electron chi connectivity index (χ0n) is 21.2. The molecule has 5 fully saturated rings. The minimum atomic E-state index is 0.0320. The second-order valence-electron chi connectivity index (χ2n) is 12.1. The number of nitrogens with zero attached hydrogens (tertiary/aromatic N) is 4. The molecule has 5 aliphatic rings. The number of hydrogen-bond acceptors (Lipinski definition) is 6. The number of piperazine rings is 1. The van der Waals surface area contributed by atoms with Gasteiger partial charge >= 0.3 is 0 Å². The molecule has 3 aliphatic carbocycles. The van der Waals surface area contributed by atoms with Gasteiger partial charge in [-0.05, 0) is 79.4 Å². The highest BCUT2D eigenvalue weighted by Crippen LogP contribution is 2.56. The Kier molecular flexibility index (Phi) is 6.04. The SMILES string of the molecule is O=C1[C@@H]2[C@H]3CC[C@H](C3)[C@@H]2C(=O)N1CC[C@@H]1CCCC[C@H]1CN1CCN(c2nsc3ccccc23)CC1. The number of imide groups is 1. The first kappa shape index (κ1) is 23.2. The summed E-state index contributed by atoms with van der Waals surface area (Å²) in [5.74, 6) is 3.88. The van der Waals surface area contributed by atoms with Crippen LogP contribution in [0.1, 0.15) is 51.4 Å². The number of carbonyl (C=O) groups excluding carboxylic acids is 2. The van der Waals surface area contributed by atoms with Gasteiger partial charge in [0, 0.05) is 44.7 Å². The van der Waals surface area contributed by atoms with Crippen LogP contribution in [0, 0.1) is 35.5 Å². The Morgan fingerprint density at radius 1 is 0.861 bits per heavy atom. The highest BCUT2D eigenvalue weighted by atomic mass is 32.1. The highest BCUT2D eigenvalue weighted by Gasteiger charge is 2.60. The van der Waals surface area contributed by atoms with Gasteiger partial charge in [0.25, 0.3) is 0 Å². The van der Waals surface area contributed by atoms with Crippen molar-refractivity contribution in [3.05, 3.63) is 24.3 Å². The van der Waals surface area contributed by atoms with E-state index in [9.17, 15) is 9.59 Å². The molecule has 36 heavy (non-hydrogen) atoms. The van der Waals surface area contributed by atoms with Crippen LogP contribution in [0.2, 0.25) is 0 Å². The van der Waals surface area contributed by atoms with Gasteiger partial charge in [-0.2, -0.15) is 4.37 Å². The van der Waals surface area contributed by atoms with Crippen LogP contribution >= 0.6 is 11.5 Å². The molecule has 6 atom stereocenters. The fourth-order valence-electron chi connectivity index (χ4n) is 8.47. The van der Waals surface area contributed by atoms with Crippen LogP contribution in [0.3, 0.4) is 0 Å². The summed E-state index contributed by atoms with van der Waals surface area (Å²) in [4.78, 5) is 33.1. The number of fused-ring (bicyclic) bond motifs is 6. The Bertz CT molecular complexity index is 1110. The molecule has 3 heterocycles. The number of benzene rings is 1. The molecule has 0 unspecified atom stereocenters. The summed E-state index contributed by atoms with van der Waals surface area (Å²) in [6, 6.07) is 8.56. The third kappa shape index (κ3) is 3.89. The minimum Gasteiger partial charge on any atom is -0.353 e. The van der Waals surface area contributed by atoms with Crippen molar-refractivity contribution in [2.75, 3.05) is 44.2 Å². The quantitative estimate of drug-likeness (QED) is 0.534. The van der Waals surface area contributed by atoms with Gasteiger partial charge in [-0.15, -0.1) is 0 Å². The van der Waals surface area contributed by atoms with Crippen molar-refractivity contribution in [2.24, 2.45) is 35.5 Å². The van der Waals surface area contributed by atoms with E-state index in [0.29, 0.717) is 30.2 Å². The molecule has 0 radical (unpaired) electrons. The van der Waals surface area contributed by atoms with E-state index in [-0.39, 0.29) is 23.7 Å². The van der Waals surface area contributed by atoms with Crippen molar-refractivity contribution >= 4 is 39.3 Å². The predicted octanol–water partition coefficient (Wildman–Crippen LogP) is 4.65. The van der Waals surface area contributed by atoms with E-state index in [0.717, 1.165) is 64.2 Å². The van der Waals surface area contributed by atoms with Gasteiger partial charge in [0.15, 0.2) is 0 Å². The molecule has 2 aliphatic heterocycles. The van der Waals surface area contributed by atoms with Crippen LogP contribution < -0.4 is 4.90 Å². The maximum atomic E-state index is 13.2. The van der Waals surface area contributed by atoms with Crippen LogP contribution in [0.15, 0.2) is 24.3 Å². The van der Waals surface area contributed by atoms with E-state index in [1.54, 1.807) is 16.4 Å². The zero-order valence-corrected chi connectivity index (χ0v) is 22.0. The van der Waals surface area contributed by atoms with Crippen LogP contribution in [0.5, 0.6) is 0 Å². The van der Waals surface area contributed by atoms with Gasteiger partial charge in [0.1, 0.15) is 5.82 Å². The molecule has 192 valence electrons. The first-order chi connectivity index (χ1) is 17.7. The fourth-order valence-corrected chi connectivity index (χ4v) is 9.26. The third-order valence-corrected chi connectivity index (χ3v) is 11.1. The Morgan fingerprint density at radius 3 is 2.31 bits per heavy atom. The smallest absolute Gasteiger partial charge is 0.233 e. The number of aromatic nitrogens is 1. The maximum absolute atomic E-state index is 13.2. The molecule has 6 nitrogen and oxygen atoms in total. The average Bonchev–Trinajstić information content (AvgIpc) is 3.68. The number of hydrogen-bond donors (Lipinski definition) is 0. The second kappa shape index (κ2) is 9.39. The van der Waals surface area contributed by atoms with E-state index < -0.39 is 0 Å². The number of likely N-dealkylation sites (tertiary alicyclic amines) is 1. The molecule has 1 aromatic carbocycles. The average molecular weight is 507 g/mol. The highest BCUT2D eigenvalue weighted by molar-refractivity contribution is 7.13. The van der Waals surface area contributed by atoms with Crippen molar-refractivity contribution in [3.63, 3.8) is 0 Å². The van der Waals surface area contributed by atoms with Gasteiger partial charge in [-0.3, -0.25) is 19.4 Å². The lowest BCUT2D eigenvalue weighted by molar-refractivity contribution is -0.141. The number of carbonyl (C=O) groups is 2. The summed E-state index contributed by atoms with van der Waals surface area (Å²) in [5, 5.41) is 1.28. The maximum Gasteiger partial charge on any atom is 0.233 e. The van der Waals surface area contributed by atoms with Gasteiger partial charge in [-0.1, -0.05) is 31.4 Å². The number of amides is 2. The molecular weight excluding hydrogens is 468 g/mol. The van der Waals surface area contributed by atoms with E-state index in [1.807, 2.05) is 0 Å². The normalized spacial score (nSPS) is 34.8. The van der Waals surface area contributed by atoms with Crippen LogP contribution in [-0.2, 0) is 9.59 Å². The Labute approximate surface area is 218 Å². The summed E-state index contributed by atoms with van der Waals surface area (Å²) < 4.78 is 6.04. The van der Waals surface area contributed by atoms with Gasteiger partial charge < -0.3 is 4.90 Å². The Balaban J connectivity index is 0.947. The van der Waals surface area contributed by atoms with E-state index in [1.165, 1.54) is 35.8 Å². The molecular formula is C29H38N4O2S. The summed E-state index contributed by atoms with van der Waals surface area (Å²) in [7, 11) is 0. The molecule has 2 bridgehead atoms. The second-order valence-corrected chi connectivity index (χ2v) is 12.9. The van der Waals surface area contributed by atoms with Crippen molar-refractivity contribution in [1.29, 1.82) is 0 Å². The standard InChI is InChI=1S/C29H38N4O2S/c34-28-25-20-9-10-21(17-20)26(25)29(35)33(28)12-11-19-5-1-2-6-22(19)18-31-13-15-32(16-14-31)27-23-7-3-4-8-24(23)36-30-27/h3-4,7-8,19-22,25-26H,1-2,5-6,9-18H2/t19-,20-,21+,22-,25+,26-/m0/s1. The number of anilines is 1. The van der Waals surface area contributed by atoms with Crippen LogP contribution in [0.4, 0.5) is 5.82 Å². The van der Waals surface area contributed by atoms with Gasteiger partial charge in [0.2, 0.25) is 11.8 Å². The molecule has 0 spiro atoms. The topological polar surface area (TPSA) is 56.8 Å². The molecule has 3 saturated carbocycles. The molecule has 0 N–H and O–H groups in total. The predicted molar refractivity (Wildman–Crippen MR) is 143 cm³/mol. The van der Waals surface area contributed by atoms with Crippen molar-refractivity contribution in [2.45, 2.75) is 51.4 Å². The van der Waals surface area contributed by atoms with Crippen molar-refractivity contribution in [3.8, 4) is 0 Å². The number of rotatable bonds is 6. The largest absolute Gasteiger partial charge is 0.353 e. The van der Waals surface area contributed by atoms with Crippen molar-refractivity contribution < 1.29 is 9.59 Å². The summed E-state index contributed by atoms with van der Waals surface area (Å²) >= 11 is 1.60. The van der Waals surface area contributed by atoms with Crippen LogP contribution in [-0.4, -0.2) is 65.3 Å². The minimum absolute atomic E-state index is 0.0320. The summed E-state index contributed by atoms with van der Waals surface area (Å²) in [6.45, 7) is 6.07. The van der Waals surface area contributed by atoms with Gasteiger partial charge in [-0.25, -0.2) is 0 Å². The molecule has 1 aromatic heterocycles. The molecule has 7 rings (SSSR count). The zero-order chi connectivity index (χ0) is 24.2. The summed E-state index contributed by atoms with van der Waals surface area (Å²) in [5.41, 5.74) is 0. The van der Waals surface area contributed by atoms with E-state index >= 15 is 0 Å². The van der Waals surface area contributed by atoms with E-state index in [2.05, 4.69) is 34.1 Å². The molecule has 7 heteroatoms. The first-order valence-corrected chi connectivity index (χ1v) is 15.1. The monoisotopic (exact) mass is 506 g/mol. The van der Waals surface area contributed by atoms with Crippen molar-refractivity contribution in [1.82, 2.24) is 14.2 Å². The Morgan fingerprint density at radius 2 is 1.56 bits per heavy atom. The van der Waals surface area contributed by atoms with E-state index in [4.69, 9.17) is 4.37 Å². The van der Waals surface area contributed by atoms with Gasteiger partial charge in [0.05, 0.1) is 16.5 Å². The first-order valence-electron chi connectivity index (χ1n) is 14.3. The summed E-state index contributed by atoms with van der Waals surface area (Å²) in [6.07, 6.45) is 9.61. The fraction of sp³-hybridized carbons (Fsp3) is 0.690. The lowest BCUT2D eigenvalue weighted by Gasteiger charge is -2.40. The Hall–Kier alpha value is -1.99. The molecule has 2 amide bonds.